The van der Waals surface area contributed by atoms with Gasteiger partial charge >= 0.3 is 0 Å². The van der Waals surface area contributed by atoms with Gasteiger partial charge < -0.3 is 14.8 Å². The molecule has 0 aliphatic carbocycles. The highest BCUT2D eigenvalue weighted by atomic mass is 32.1. The highest BCUT2D eigenvalue weighted by Crippen LogP contribution is 2.30. The first-order chi connectivity index (χ1) is 9.24. The number of aromatic nitrogens is 1. The maximum Gasteiger partial charge on any atom is 0.165 e. The van der Waals surface area contributed by atoms with Gasteiger partial charge in [0.15, 0.2) is 11.5 Å². The van der Waals surface area contributed by atoms with Crippen molar-refractivity contribution in [1.29, 1.82) is 0 Å². The average molecular weight is 278 g/mol. The number of methoxy groups -OCH3 is 2. The average Bonchev–Trinajstić information content (AvgIpc) is 2.84. The molecule has 1 aromatic carbocycles. The summed E-state index contributed by atoms with van der Waals surface area (Å²) in [5.41, 5.74) is 2.15. The Morgan fingerprint density at radius 1 is 1.21 bits per heavy atom. The fraction of sp³-hybridized carbons (Fsp3) is 0.357. The van der Waals surface area contributed by atoms with Gasteiger partial charge in [0.05, 0.1) is 14.2 Å². The Kier molecular flexibility index (Phi) is 4.76. The highest BCUT2D eigenvalue weighted by Gasteiger charge is 2.09. The lowest BCUT2D eigenvalue weighted by Gasteiger charge is -2.12. The molecule has 0 saturated carbocycles. The number of benzene rings is 1. The van der Waals surface area contributed by atoms with Crippen LogP contribution in [0.4, 0.5) is 0 Å². The minimum absolute atomic E-state index is 0.721. The molecule has 0 fully saturated rings. The van der Waals surface area contributed by atoms with E-state index >= 15 is 0 Å². The van der Waals surface area contributed by atoms with Gasteiger partial charge in [0.25, 0.3) is 0 Å². The van der Waals surface area contributed by atoms with Crippen LogP contribution in [0.5, 0.6) is 11.5 Å². The van der Waals surface area contributed by atoms with E-state index in [1.165, 1.54) is 0 Å². The Morgan fingerprint density at radius 2 is 2.05 bits per heavy atom. The maximum atomic E-state index is 5.40. The number of nitrogens with zero attached hydrogens (tertiary/aromatic N) is 1. The lowest BCUT2D eigenvalue weighted by atomic mass is 10.2. The van der Waals surface area contributed by atoms with Crippen LogP contribution in [0.1, 0.15) is 16.3 Å². The predicted molar refractivity (Wildman–Crippen MR) is 76.9 cm³/mol. The lowest BCUT2D eigenvalue weighted by Crippen LogP contribution is -2.13. The van der Waals surface area contributed by atoms with Crippen molar-refractivity contribution in [2.75, 3.05) is 14.2 Å². The molecule has 5 heteroatoms. The molecule has 0 radical (unpaired) electrons. The SMILES string of the molecule is COc1cccc(CNCc2nc(C)cs2)c1OC. The molecule has 1 N–H and O–H groups in total. The molecule has 102 valence electrons. The highest BCUT2D eigenvalue weighted by molar-refractivity contribution is 7.09. The van der Waals surface area contributed by atoms with E-state index in [4.69, 9.17) is 9.47 Å². The molecule has 2 aromatic rings. The lowest BCUT2D eigenvalue weighted by molar-refractivity contribution is 0.350. The number of rotatable bonds is 6. The van der Waals surface area contributed by atoms with Gasteiger partial charge in [-0.2, -0.15) is 0 Å². The number of hydrogen-bond donors (Lipinski definition) is 1. The molecule has 1 aromatic heterocycles. The third-order valence-corrected chi connectivity index (χ3v) is 3.71. The summed E-state index contributed by atoms with van der Waals surface area (Å²) in [7, 11) is 3.30. The van der Waals surface area contributed by atoms with Crippen molar-refractivity contribution in [1.82, 2.24) is 10.3 Å². The van der Waals surface area contributed by atoms with E-state index < -0.39 is 0 Å². The smallest absolute Gasteiger partial charge is 0.165 e. The Bertz CT molecular complexity index is 540. The van der Waals surface area contributed by atoms with Crippen LogP contribution < -0.4 is 14.8 Å². The maximum absolute atomic E-state index is 5.40. The summed E-state index contributed by atoms with van der Waals surface area (Å²) >= 11 is 1.67. The number of hydrogen-bond acceptors (Lipinski definition) is 5. The van der Waals surface area contributed by atoms with Crippen molar-refractivity contribution in [2.45, 2.75) is 20.0 Å². The first-order valence-electron chi connectivity index (χ1n) is 6.06. The molecule has 1 heterocycles. The van der Waals surface area contributed by atoms with Crippen LogP contribution in [0.25, 0.3) is 0 Å². The molecule has 0 saturated heterocycles. The largest absolute Gasteiger partial charge is 0.493 e. The van der Waals surface area contributed by atoms with E-state index in [2.05, 4.69) is 15.7 Å². The van der Waals surface area contributed by atoms with E-state index in [1.807, 2.05) is 25.1 Å². The van der Waals surface area contributed by atoms with Crippen LogP contribution in [0.15, 0.2) is 23.6 Å². The standard InChI is InChI=1S/C14H18N2O2S/c1-10-9-19-13(16-10)8-15-7-11-5-4-6-12(17-2)14(11)18-3/h4-6,9,15H,7-8H2,1-3H3. The van der Waals surface area contributed by atoms with Gasteiger partial charge in [0, 0.05) is 29.7 Å². The number of ether oxygens (including phenoxy) is 2. The van der Waals surface area contributed by atoms with Crippen LogP contribution in [-0.2, 0) is 13.1 Å². The molecule has 4 nitrogen and oxygen atoms in total. The summed E-state index contributed by atoms with van der Waals surface area (Å²) in [4.78, 5) is 4.42. The number of aryl methyl sites for hydroxylation is 1. The number of para-hydroxylation sites is 1. The molecule has 0 bridgehead atoms. The van der Waals surface area contributed by atoms with E-state index in [0.717, 1.165) is 40.9 Å². The predicted octanol–water partition coefficient (Wildman–Crippen LogP) is 2.76. The topological polar surface area (TPSA) is 43.4 Å². The van der Waals surface area contributed by atoms with E-state index in [-0.39, 0.29) is 0 Å². The molecule has 0 aliphatic heterocycles. The van der Waals surface area contributed by atoms with Gasteiger partial charge in [-0.15, -0.1) is 11.3 Å². The molecule has 0 spiro atoms. The Labute approximate surface area is 117 Å². The van der Waals surface area contributed by atoms with Gasteiger partial charge in [-0.1, -0.05) is 12.1 Å². The third-order valence-electron chi connectivity index (χ3n) is 2.74. The summed E-state index contributed by atoms with van der Waals surface area (Å²) < 4.78 is 10.7. The zero-order valence-electron chi connectivity index (χ0n) is 11.4. The van der Waals surface area contributed by atoms with Crippen molar-refractivity contribution in [3.63, 3.8) is 0 Å². The Hall–Kier alpha value is -1.59. The molecule has 0 atom stereocenters. The van der Waals surface area contributed by atoms with Crippen molar-refractivity contribution in [3.8, 4) is 11.5 Å². The van der Waals surface area contributed by atoms with Gasteiger partial charge in [0.1, 0.15) is 5.01 Å². The zero-order chi connectivity index (χ0) is 13.7. The van der Waals surface area contributed by atoms with Crippen molar-refractivity contribution in [2.24, 2.45) is 0 Å². The molecule has 0 unspecified atom stereocenters. The van der Waals surface area contributed by atoms with Gasteiger partial charge in [0.2, 0.25) is 0 Å². The molecule has 2 rings (SSSR count). The normalized spacial score (nSPS) is 10.5. The van der Waals surface area contributed by atoms with Crippen LogP contribution >= 0.6 is 11.3 Å². The Morgan fingerprint density at radius 3 is 2.68 bits per heavy atom. The second-order valence-electron chi connectivity index (χ2n) is 4.14. The fourth-order valence-electron chi connectivity index (χ4n) is 1.88. The first-order valence-corrected chi connectivity index (χ1v) is 6.94. The minimum Gasteiger partial charge on any atom is -0.493 e. The van der Waals surface area contributed by atoms with E-state index in [1.54, 1.807) is 25.6 Å². The zero-order valence-corrected chi connectivity index (χ0v) is 12.2. The van der Waals surface area contributed by atoms with Crippen molar-refractivity contribution in [3.05, 3.63) is 39.8 Å². The summed E-state index contributed by atoms with van der Waals surface area (Å²) in [6.45, 7) is 3.49. The minimum atomic E-state index is 0.721. The number of thiazole rings is 1. The summed E-state index contributed by atoms with van der Waals surface area (Å²) in [6.07, 6.45) is 0. The molecule has 0 amide bonds. The summed E-state index contributed by atoms with van der Waals surface area (Å²) in [6, 6.07) is 5.89. The summed E-state index contributed by atoms with van der Waals surface area (Å²) in [5.74, 6) is 1.54. The molecule has 19 heavy (non-hydrogen) atoms. The van der Waals surface area contributed by atoms with Crippen LogP contribution in [-0.4, -0.2) is 19.2 Å². The monoisotopic (exact) mass is 278 g/mol. The second kappa shape index (κ2) is 6.54. The summed E-state index contributed by atoms with van der Waals surface area (Å²) in [5, 5.41) is 6.52. The van der Waals surface area contributed by atoms with E-state index in [9.17, 15) is 0 Å². The fourth-order valence-corrected chi connectivity index (χ4v) is 2.62. The van der Waals surface area contributed by atoms with Crippen molar-refractivity contribution >= 4 is 11.3 Å². The molecular formula is C14H18N2O2S. The Balaban J connectivity index is 1.99. The molecule has 0 aliphatic rings. The van der Waals surface area contributed by atoms with Crippen LogP contribution in [0, 0.1) is 6.92 Å². The van der Waals surface area contributed by atoms with Gasteiger partial charge in [-0.3, -0.25) is 0 Å². The van der Waals surface area contributed by atoms with Crippen LogP contribution in [0.2, 0.25) is 0 Å². The third kappa shape index (κ3) is 3.45. The van der Waals surface area contributed by atoms with E-state index in [0.29, 0.717) is 0 Å². The quantitative estimate of drug-likeness (QED) is 0.882. The number of nitrogens with one attached hydrogen (secondary N) is 1. The molecular weight excluding hydrogens is 260 g/mol. The van der Waals surface area contributed by atoms with Gasteiger partial charge in [-0.05, 0) is 13.0 Å². The second-order valence-corrected chi connectivity index (χ2v) is 5.08. The van der Waals surface area contributed by atoms with Crippen molar-refractivity contribution < 1.29 is 9.47 Å². The van der Waals surface area contributed by atoms with Crippen LogP contribution in [0.3, 0.4) is 0 Å². The van der Waals surface area contributed by atoms with Gasteiger partial charge in [-0.25, -0.2) is 4.98 Å². The first kappa shape index (κ1) is 13.8.